The molecular weight excluding hydrogens is 254 g/mol. The summed E-state index contributed by atoms with van der Waals surface area (Å²) in [6.45, 7) is 5.29. The standard InChI is InChI=1S/C11H18BrN3/c1-3-5-7-13-11-8-9(12)14-10(15-11)6-4-2/h8H,3-7H2,1-2H3,(H,13,14,15). The monoisotopic (exact) mass is 271 g/mol. The molecule has 1 aromatic rings. The van der Waals surface area contributed by atoms with E-state index in [9.17, 15) is 0 Å². The molecule has 0 aliphatic carbocycles. The van der Waals surface area contributed by atoms with Crippen LogP contribution in [0.4, 0.5) is 5.82 Å². The molecule has 0 unspecified atom stereocenters. The molecule has 0 fully saturated rings. The quantitative estimate of drug-likeness (QED) is 0.637. The Morgan fingerprint density at radius 1 is 1.27 bits per heavy atom. The van der Waals surface area contributed by atoms with Crippen molar-refractivity contribution in [2.75, 3.05) is 11.9 Å². The van der Waals surface area contributed by atoms with Crippen molar-refractivity contribution in [3.05, 3.63) is 16.5 Å². The third-order valence-electron chi connectivity index (χ3n) is 2.05. The van der Waals surface area contributed by atoms with E-state index in [1.807, 2.05) is 6.07 Å². The Bertz CT molecular complexity index is 302. The molecule has 3 nitrogen and oxygen atoms in total. The molecule has 0 spiro atoms. The van der Waals surface area contributed by atoms with Crippen molar-refractivity contribution < 1.29 is 0 Å². The van der Waals surface area contributed by atoms with Gasteiger partial charge in [0.1, 0.15) is 16.2 Å². The third kappa shape index (κ3) is 4.60. The average Bonchev–Trinajstić information content (AvgIpc) is 2.18. The Hall–Kier alpha value is -0.640. The van der Waals surface area contributed by atoms with Crippen LogP contribution in [0, 0.1) is 0 Å². The van der Waals surface area contributed by atoms with Crippen molar-refractivity contribution in [3.8, 4) is 0 Å². The maximum absolute atomic E-state index is 4.44. The first-order valence-corrected chi connectivity index (χ1v) is 6.33. The zero-order chi connectivity index (χ0) is 11.1. The fourth-order valence-corrected chi connectivity index (χ4v) is 1.71. The molecule has 4 heteroatoms. The van der Waals surface area contributed by atoms with E-state index in [-0.39, 0.29) is 0 Å². The van der Waals surface area contributed by atoms with Gasteiger partial charge in [0.2, 0.25) is 0 Å². The molecule has 1 heterocycles. The number of rotatable bonds is 6. The largest absolute Gasteiger partial charge is 0.370 e. The second-order valence-electron chi connectivity index (χ2n) is 3.52. The summed E-state index contributed by atoms with van der Waals surface area (Å²) in [4.78, 5) is 8.76. The van der Waals surface area contributed by atoms with Gasteiger partial charge in [0.05, 0.1) is 0 Å². The van der Waals surface area contributed by atoms with Gasteiger partial charge < -0.3 is 5.32 Å². The fourth-order valence-electron chi connectivity index (χ4n) is 1.28. The van der Waals surface area contributed by atoms with Gasteiger partial charge in [0.25, 0.3) is 0 Å². The minimum absolute atomic E-state index is 0.861. The van der Waals surface area contributed by atoms with Gasteiger partial charge in [-0.05, 0) is 28.8 Å². The van der Waals surface area contributed by atoms with Gasteiger partial charge in [0.15, 0.2) is 0 Å². The lowest BCUT2D eigenvalue weighted by atomic mass is 10.3. The molecule has 0 atom stereocenters. The molecule has 0 saturated heterocycles. The summed E-state index contributed by atoms with van der Waals surface area (Å²) in [5, 5.41) is 3.30. The van der Waals surface area contributed by atoms with Crippen LogP contribution in [0.5, 0.6) is 0 Å². The fraction of sp³-hybridized carbons (Fsp3) is 0.636. The Morgan fingerprint density at radius 2 is 2.07 bits per heavy atom. The molecular formula is C11H18BrN3. The summed E-state index contributed by atoms with van der Waals surface area (Å²) in [7, 11) is 0. The number of nitrogens with zero attached hydrogens (tertiary/aromatic N) is 2. The maximum atomic E-state index is 4.44. The topological polar surface area (TPSA) is 37.8 Å². The molecule has 1 N–H and O–H groups in total. The van der Waals surface area contributed by atoms with Crippen molar-refractivity contribution in [1.29, 1.82) is 0 Å². The highest BCUT2D eigenvalue weighted by Gasteiger charge is 2.01. The van der Waals surface area contributed by atoms with E-state index < -0.39 is 0 Å². The third-order valence-corrected chi connectivity index (χ3v) is 2.46. The Kier molecular flexibility index (Phi) is 5.61. The van der Waals surface area contributed by atoms with E-state index in [0.29, 0.717) is 0 Å². The van der Waals surface area contributed by atoms with E-state index in [4.69, 9.17) is 0 Å². The van der Waals surface area contributed by atoms with Crippen LogP contribution in [0.3, 0.4) is 0 Å². The SMILES string of the molecule is CCCCNc1cc(Br)nc(CCC)n1. The van der Waals surface area contributed by atoms with Crippen LogP contribution in [-0.2, 0) is 6.42 Å². The minimum Gasteiger partial charge on any atom is -0.370 e. The molecule has 1 aromatic heterocycles. The average molecular weight is 272 g/mol. The first-order valence-electron chi connectivity index (χ1n) is 5.53. The van der Waals surface area contributed by atoms with Crippen LogP contribution in [0.15, 0.2) is 10.7 Å². The van der Waals surface area contributed by atoms with Crippen LogP contribution in [0.25, 0.3) is 0 Å². The highest BCUT2D eigenvalue weighted by molar-refractivity contribution is 9.10. The van der Waals surface area contributed by atoms with E-state index >= 15 is 0 Å². The van der Waals surface area contributed by atoms with Gasteiger partial charge in [-0.15, -0.1) is 0 Å². The van der Waals surface area contributed by atoms with Gasteiger partial charge in [-0.25, -0.2) is 9.97 Å². The summed E-state index contributed by atoms with van der Waals surface area (Å²) in [6.07, 6.45) is 4.37. The van der Waals surface area contributed by atoms with Crippen molar-refractivity contribution in [3.63, 3.8) is 0 Å². The van der Waals surface area contributed by atoms with Gasteiger partial charge in [0, 0.05) is 19.0 Å². The highest BCUT2D eigenvalue weighted by Crippen LogP contribution is 2.13. The zero-order valence-corrected chi connectivity index (χ0v) is 11.0. The number of hydrogen-bond donors (Lipinski definition) is 1. The van der Waals surface area contributed by atoms with Crippen molar-refractivity contribution >= 4 is 21.7 Å². The van der Waals surface area contributed by atoms with Crippen LogP contribution in [0.2, 0.25) is 0 Å². The van der Waals surface area contributed by atoms with Gasteiger partial charge in [-0.1, -0.05) is 20.3 Å². The highest BCUT2D eigenvalue weighted by atomic mass is 79.9. The number of unbranched alkanes of at least 4 members (excludes halogenated alkanes) is 1. The smallest absolute Gasteiger partial charge is 0.132 e. The molecule has 0 aromatic carbocycles. The number of aryl methyl sites for hydroxylation is 1. The number of halogens is 1. The molecule has 0 bridgehead atoms. The van der Waals surface area contributed by atoms with E-state index in [1.165, 1.54) is 12.8 Å². The lowest BCUT2D eigenvalue weighted by molar-refractivity contribution is 0.810. The molecule has 15 heavy (non-hydrogen) atoms. The molecule has 0 aliphatic rings. The second kappa shape index (κ2) is 6.77. The van der Waals surface area contributed by atoms with Crippen LogP contribution in [-0.4, -0.2) is 16.5 Å². The zero-order valence-electron chi connectivity index (χ0n) is 9.39. The van der Waals surface area contributed by atoms with Crippen LogP contribution >= 0.6 is 15.9 Å². The Morgan fingerprint density at radius 3 is 2.73 bits per heavy atom. The summed E-state index contributed by atoms with van der Waals surface area (Å²) in [5.74, 6) is 1.83. The molecule has 1 rings (SSSR count). The number of nitrogens with one attached hydrogen (secondary N) is 1. The normalized spacial score (nSPS) is 10.3. The maximum Gasteiger partial charge on any atom is 0.132 e. The molecule has 0 aliphatic heterocycles. The summed E-state index contributed by atoms with van der Waals surface area (Å²) >= 11 is 3.40. The first kappa shape index (κ1) is 12.4. The summed E-state index contributed by atoms with van der Waals surface area (Å²) in [5.41, 5.74) is 0. The molecule has 0 saturated carbocycles. The lowest BCUT2D eigenvalue weighted by Crippen LogP contribution is -2.05. The van der Waals surface area contributed by atoms with Gasteiger partial charge >= 0.3 is 0 Å². The van der Waals surface area contributed by atoms with Crippen LogP contribution < -0.4 is 5.32 Å². The summed E-state index contributed by atoms with van der Waals surface area (Å²) in [6, 6.07) is 1.93. The predicted molar refractivity (Wildman–Crippen MR) is 67.1 cm³/mol. The number of aromatic nitrogens is 2. The van der Waals surface area contributed by atoms with E-state index in [1.54, 1.807) is 0 Å². The van der Waals surface area contributed by atoms with Crippen molar-refractivity contribution in [2.45, 2.75) is 39.5 Å². The Labute approximate surface area is 99.8 Å². The van der Waals surface area contributed by atoms with Gasteiger partial charge in [-0.3, -0.25) is 0 Å². The van der Waals surface area contributed by atoms with Crippen molar-refractivity contribution in [1.82, 2.24) is 9.97 Å². The predicted octanol–water partition coefficient (Wildman–Crippen LogP) is 3.40. The minimum atomic E-state index is 0.861. The van der Waals surface area contributed by atoms with Gasteiger partial charge in [-0.2, -0.15) is 0 Å². The van der Waals surface area contributed by atoms with Crippen molar-refractivity contribution in [2.24, 2.45) is 0 Å². The summed E-state index contributed by atoms with van der Waals surface area (Å²) < 4.78 is 0.861. The molecule has 0 amide bonds. The Balaban J connectivity index is 2.62. The van der Waals surface area contributed by atoms with Crippen LogP contribution in [0.1, 0.15) is 38.9 Å². The molecule has 84 valence electrons. The van der Waals surface area contributed by atoms with E-state index in [2.05, 4.69) is 45.1 Å². The number of hydrogen-bond acceptors (Lipinski definition) is 3. The molecule has 0 radical (unpaired) electrons. The number of anilines is 1. The first-order chi connectivity index (χ1) is 7.26. The van der Waals surface area contributed by atoms with E-state index in [0.717, 1.165) is 35.6 Å². The lowest BCUT2D eigenvalue weighted by Gasteiger charge is -2.06. The second-order valence-corrected chi connectivity index (χ2v) is 4.33.